The van der Waals surface area contributed by atoms with Crippen molar-refractivity contribution in [3.63, 3.8) is 0 Å². The number of piperidine rings is 1. The fraction of sp³-hybridized carbons (Fsp3) is 0.467. The van der Waals surface area contributed by atoms with E-state index in [1.54, 1.807) is 4.90 Å². The van der Waals surface area contributed by atoms with Crippen molar-refractivity contribution in [2.75, 3.05) is 13.1 Å². The van der Waals surface area contributed by atoms with Gasteiger partial charge in [-0.15, -0.1) is 0 Å². The van der Waals surface area contributed by atoms with Gasteiger partial charge in [0.2, 0.25) is 0 Å². The highest BCUT2D eigenvalue weighted by atomic mass is 16.3. The summed E-state index contributed by atoms with van der Waals surface area (Å²) in [7, 11) is 2.91. The minimum absolute atomic E-state index is 0.162. The van der Waals surface area contributed by atoms with Crippen molar-refractivity contribution in [1.82, 2.24) is 19.0 Å². The molecule has 0 aromatic carbocycles. The van der Waals surface area contributed by atoms with E-state index in [0.29, 0.717) is 13.0 Å². The summed E-state index contributed by atoms with van der Waals surface area (Å²) >= 11 is 0. The van der Waals surface area contributed by atoms with Crippen LogP contribution in [-0.2, 0) is 14.1 Å². The fourth-order valence-corrected chi connectivity index (χ4v) is 2.87. The van der Waals surface area contributed by atoms with Crippen molar-refractivity contribution in [2.24, 2.45) is 14.1 Å². The number of aryl methyl sites for hydroxylation is 1. The van der Waals surface area contributed by atoms with Crippen LogP contribution in [0.3, 0.4) is 0 Å². The lowest BCUT2D eigenvalue weighted by Crippen LogP contribution is -2.42. The molecule has 0 spiro atoms. The number of carbonyl (C=O) groups excluding carboxylic acids is 1. The van der Waals surface area contributed by atoms with Gasteiger partial charge in [0.05, 0.1) is 11.5 Å². The van der Waals surface area contributed by atoms with Gasteiger partial charge < -0.3 is 10.0 Å². The summed E-state index contributed by atoms with van der Waals surface area (Å²) in [6.07, 6.45) is 0.892. The van der Waals surface area contributed by atoms with E-state index in [1.807, 2.05) is 0 Å². The quantitative estimate of drug-likeness (QED) is 0.744. The van der Waals surface area contributed by atoms with E-state index >= 15 is 0 Å². The predicted molar refractivity (Wildman–Crippen MR) is 83.4 cm³/mol. The Bertz CT molecular complexity index is 899. The van der Waals surface area contributed by atoms with Crippen molar-refractivity contribution >= 4 is 16.9 Å². The van der Waals surface area contributed by atoms with Gasteiger partial charge in [-0.2, -0.15) is 0 Å². The molecular weight excluding hydrogens is 300 g/mol. The van der Waals surface area contributed by atoms with Gasteiger partial charge in [-0.25, -0.2) is 9.78 Å². The van der Waals surface area contributed by atoms with Crippen LogP contribution in [-0.4, -0.2) is 49.2 Å². The second-order valence-electron chi connectivity index (χ2n) is 5.82. The van der Waals surface area contributed by atoms with Gasteiger partial charge in [-0.05, 0) is 25.0 Å². The first-order valence-electron chi connectivity index (χ1n) is 7.44. The van der Waals surface area contributed by atoms with Crippen LogP contribution in [0.1, 0.15) is 23.3 Å². The molecule has 0 bridgehead atoms. The lowest BCUT2D eigenvalue weighted by atomic mass is 10.1. The van der Waals surface area contributed by atoms with Crippen LogP contribution in [0.5, 0.6) is 0 Å². The van der Waals surface area contributed by atoms with Crippen LogP contribution in [0.15, 0.2) is 21.7 Å². The standard InChI is InChI=1S/C15H18N4O4/c1-17-12-10(13(21)18(2)15(17)23)5-6-11(16-12)14(22)19-7-3-4-9(20)8-19/h5-6,9,20H,3-4,7-8H2,1-2H3. The molecule has 1 atom stereocenters. The Morgan fingerprint density at radius 1 is 1.26 bits per heavy atom. The van der Waals surface area contributed by atoms with Gasteiger partial charge >= 0.3 is 5.69 Å². The first-order chi connectivity index (χ1) is 10.9. The summed E-state index contributed by atoms with van der Waals surface area (Å²) in [5.41, 5.74) is -0.590. The summed E-state index contributed by atoms with van der Waals surface area (Å²) in [5, 5.41) is 9.97. The molecule has 2 aromatic rings. The van der Waals surface area contributed by atoms with E-state index in [-0.39, 0.29) is 29.2 Å². The zero-order valence-corrected chi connectivity index (χ0v) is 13.0. The molecule has 1 fully saturated rings. The SMILES string of the molecule is Cn1c(=O)c2ccc(C(=O)N3CCCC(O)C3)nc2n(C)c1=O. The average Bonchev–Trinajstić information content (AvgIpc) is 2.57. The highest BCUT2D eigenvalue weighted by molar-refractivity contribution is 5.94. The van der Waals surface area contributed by atoms with E-state index in [2.05, 4.69) is 4.98 Å². The van der Waals surface area contributed by atoms with E-state index in [0.717, 1.165) is 11.0 Å². The number of aromatic nitrogens is 3. The normalized spacial score (nSPS) is 18.4. The summed E-state index contributed by atoms with van der Waals surface area (Å²) < 4.78 is 2.26. The lowest BCUT2D eigenvalue weighted by molar-refractivity contribution is 0.0469. The maximum atomic E-state index is 12.5. The zero-order valence-electron chi connectivity index (χ0n) is 13.0. The summed E-state index contributed by atoms with van der Waals surface area (Å²) in [6.45, 7) is 0.832. The topological polar surface area (TPSA) is 97.4 Å². The number of likely N-dealkylation sites (tertiary alicyclic amines) is 1. The molecule has 1 amide bonds. The highest BCUT2D eigenvalue weighted by Gasteiger charge is 2.24. The van der Waals surface area contributed by atoms with Crippen molar-refractivity contribution in [3.05, 3.63) is 38.7 Å². The van der Waals surface area contributed by atoms with E-state index in [9.17, 15) is 19.5 Å². The molecule has 23 heavy (non-hydrogen) atoms. The van der Waals surface area contributed by atoms with Gasteiger partial charge in [0.1, 0.15) is 11.3 Å². The third-order valence-electron chi connectivity index (χ3n) is 4.20. The summed E-state index contributed by atoms with van der Waals surface area (Å²) in [5.74, 6) is -0.307. The monoisotopic (exact) mass is 318 g/mol. The Morgan fingerprint density at radius 2 is 2.00 bits per heavy atom. The van der Waals surface area contributed by atoms with E-state index < -0.39 is 17.4 Å². The van der Waals surface area contributed by atoms with Gasteiger partial charge in [0, 0.05) is 27.2 Å². The zero-order chi connectivity index (χ0) is 16.7. The largest absolute Gasteiger partial charge is 0.391 e. The van der Waals surface area contributed by atoms with Crippen LogP contribution >= 0.6 is 0 Å². The van der Waals surface area contributed by atoms with Crippen molar-refractivity contribution in [2.45, 2.75) is 18.9 Å². The maximum absolute atomic E-state index is 12.5. The number of hydrogen-bond donors (Lipinski definition) is 1. The van der Waals surface area contributed by atoms with Crippen LogP contribution < -0.4 is 11.2 Å². The third kappa shape index (κ3) is 2.55. The Morgan fingerprint density at radius 3 is 2.70 bits per heavy atom. The fourth-order valence-electron chi connectivity index (χ4n) is 2.87. The predicted octanol–water partition coefficient (Wildman–Crippen LogP) is -0.771. The van der Waals surface area contributed by atoms with Gasteiger partial charge in [-0.3, -0.25) is 18.7 Å². The molecule has 1 aliphatic rings. The number of hydrogen-bond acceptors (Lipinski definition) is 5. The Hall–Kier alpha value is -2.48. The molecule has 0 aliphatic carbocycles. The highest BCUT2D eigenvalue weighted by Crippen LogP contribution is 2.14. The molecule has 1 saturated heterocycles. The van der Waals surface area contributed by atoms with E-state index in [1.165, 1.54) is 30.8 Å². The van der Waals surface area contributed by atoms with Crippen molar-refractivity contribution in [1.29, 1.82) is 0 Å². The number of amides is 1. The Balaban J connectivity index is 2.08. The molecule has 0 radical (unpaired) electrons. The maximum Gasteiger partial charge on any atom is 0.332 e. The van der Waals surface area contributed by atoms with Crippen LogP contribution in [0, 0.1) is 0 Å². The number of pyridine rings is 1. The van der Waals surface area contributed by atoms with Gasteiger partial charge in [0.15, 0.2) is 0 Å². The van der Waals surface area contributed by atoms with Crippen LogP contribution in [0.4, 0.5) is 0 Å². The molecule has 1 N–H and O–H groups in total. The molecule has 3 heterocycles. The summed E-state index contributed by atoms with van der Waals surface area (Å²) in [6, 6.07) is 3.00. The first-order valence-corrected chi connectivity index (χ1v) is 7.44. The molecule has 1 aliphatic heterocycles. The minimum Gasteiger partial charge on any atom is -0.391 e. The average molecular weight is 318 g/mol. The Kier molecular flexibility index (Phi) is 3.77. The summed E-state index contributed by atoms with van der Waals surface area (Å²) in [4.78, 5) is 42.4. The van der Waals surface area contributed by atoms with Gasteiger partial charge in [0.25, 0.3) is 11.5 Å². The molecule has 122 valence electrons. The number of nitrogens with zero attached hydrogens (tertiary/aromatic N) is 4. The second-order valence-corrected chi connectivity index (χ2v) is 5.82. The molecule has 3 rings (SSSR count). The van der Waals surface area contributed by atoms with E-state index in [4.69, 9.17) is 0 Å². The number of carbonyl (C=O) groups is 1. The third-order valence-corrected chi connectivity index (χ3v) is 4.20. The smallest absolute Gasteiger partial charge is 0.332 e. The number of β-amino-alcohol motifs (C(OH)–C–C–N with tert-alkyl or cyclic N) is 1. The molecular formula is C15H18N4O4. The second kappa shape index (κ2) is 5.62. The minimum atomic E-state index is -0.523. The molecule has 0 saturated carbocycles. The van der Waals surface area contributed by atoms with Crippen LogP contribution in [0.25, 0.3) is 11.0 Å². The number of fused-ring (bicyclic) bond motifs is 1. The molecule has 8 heteroatoms. The Labute approximate surface area is 131 Å². The molecule has 8 nitrogen and oxygen atoms in total. The van der Waals surface area contributed by atoms with Gasteiger partial charge in [-0.1, -0.05) is 0 Å². The number of aliphatic hydroxyl groups excluding tert-OH is 1. The molecule has 2 aromatic heterocycles. The van der Waals surface area contributed by atoms with Crippen molar-refractivity contribution < 1.29 is 9.90 Å². The lowest BCUT2D eigenvalue weighted by Gasteiger charge is -2.29. The van der Waals surface area contributed by atoms with Crippen LogP contribution in [0.2, 0.25) is 0 Å². The van der Waals surface area contributed by atoms with Crippen molar-refractivity contribution in [3.8, 4) is 0 Å². The molecule has 1 unspecified atom stereocenters. The first kappa shape index (κ1) is 15.4. The number of rotatable bonds is 1. The number of aliphatic hydroxyl groups is 1.